The Morgan fingerprint density at radius 2 is 2.15 bits per heavy atom. The highest BCUT2D eigenvalue weighted by Gasteiger charge is 2.24. The number of rotatable bonds is 5. The lowest BCUT2D eigenvalue weighted by molar-refractivity contribution is -0.117. The van der Waals surface area contributed by atoms with Crippen LogP contribution in [0.15, 0.2) is 18.2 Å². The molecule has 0 bridgehead atoms. The third-order valence-corrected chi connectivity index (χ3v) is 4.77. The molecule has 1 aromatic carbocycles. The maximum Gasteiger partial charge on any atom is 0.356 e. The van der Waals surface area contributed by atoms with Crippen LogP contribution in [-0.4, -0.2) is 55.6 Å². The first-order chi connectivity index (χ1) is 12.5. The quantitative estimate of drug-likeness (QED) is 0.802. The Hall–Kier alpha value is -2.54. The van der Waals surface area contributed by atoms with Gasteiger partial charge in [-0.05, 0) is 37.4 Å². The molecule has 1 aliphatic heterocycles. The lowest BCUT2D eigenvalue weighted by Gasteiger charge is -2.30. The van der Waals surface area contributed by atoms with Crippen LogP contribution in [0.1, 0.15) is 30.3 Å². The molecule has 2 aromatic rings. The van der Waals surface area contributed by atoms with Gasteiger partial charge < -0.3 is 19.8 Å². The van der Waals surface area contributed by atoms with Gasteiger partial charge in [-0.1, -0.05) is 13.0 Å². The fourth-order valence-electron chi connectivity index (χ4n) is 3.58. The molecule has 1 aromatic heterocycles. The van der Waals surface area contributed by atoms with Crippen molar-refractivity contribution in [2.45, 2.75) is 19.8 Å². The van der Waals surface area contributed by atoms with Gasteiger partial charge in [-0.2, -0.15) is 0 Å². The van der Waals surface area contributed by atoms with E-state index >= 15 is 0 Å². The van der Waals surface area contributed by atoms with Gasteiger partial charge in [-0.15, -0.1) is 0 Å². The molecule has 1 unspecified atom stereocenters. The first-order valence-corrected chi connectivity index (χ1v) is 8.82. The Morgan fingerprint density at radius 3 is 2.85 bits per heavy atom. The number of hydrogen-bond acceptors (Lipinski definition) is 5. The van der Waals surface area contributed by atoms with Crippen LogP contribution < -0.4 is 10.1 Å². The van der Waals surface area contributed by atoms with E-state index in [0.717, 1.165) is 19.5 Å². The molecule has 7 heteroatoms. The predicted octanol–water partition coefficient (Wildman–Crippen LogP) is 2.63. The van der Waals surface area contributed by atoms with Crippen LogP contribution in [0.25, 0.3) is 10.9 Å². The molecular formula is C19H25N3O4. The van der Waals surface area contributed by atoms with Gasteiger partial charge in [0, 0.05) is 6.54 Å². The number of nitrogens with one attached hydrogen (secondary N) is 2. The van der Waals surface area contributed by atoms with E-state index in [0.29, 0.717) is 34.8 Å². The van der Waals surface area contributed by atoms with E-state index in [-0.39, 0.29) is 11.6 Å². The number of aromatic amines is 1. The van der Waals surface area contributed by atoms with E-state index in [2.05, 4.69) is 22.1 Å². The normalized spacial score (nSPS) is 17.9. The third-order valence-electron chi connectivity index (χ3n) is 4.77. The number of piperidine rings is 1. The van der Waals surface area contributed by atoms with E-state index in [1.165, 1.54) is 13.5 Å². The number of anilines is 1. The van der Waals surface area contributed by atoms with Gasteiger partial charge in [0.05, 0.1) is 37.4 Å². The lowest BCUT2D eigenvalue weighted by Crippen LogP contribution is -2.39. The van der Waals surface area contributed by atoms with Crippen LogP contribution in [0, 0.1) is 5.92 Å². The van der Waals surface area contributed by atoms with Crippen molar-refractivity contribution in [3.05, 3.63) is 23.9 Å². The fraction of sp³-hybridized carbons (Fsp3) is 0.474. The summed E-state index contributed by atoms with van der Waals surface area (Å²) >= 11 is 0. The van der Waals surface area contributed by atoms with Gasteiger partial charge >= 0.3 is 5.97 Å². The van der Waals surface area contributed by atoms with Gasteiger partial charge in [-0.3, -0.25) is 9.69 Å². The number of fused-ring (bicyclic) bond motifs is 1. The van der Waals surface area contributed by atoms with Crippen molar-refractivity contribution >= 4 is 28.5 Å². The van der Waals surface area contributed by atoms with E-state index in [9.17, 15) is 9.59 Å². The minimum absolute atomic E-state index is 0.156. The number of likely N-dealkylation sites (tertiary alicyclic amines) is 1. The summed E-state index contributed by atoms with van der Waals surface area (Å²) in [4.78, 5) is 30.0. The molecular weight excluding hydrogens is 334 g/mol. The monoisotopic (exact) mass is 359 g/mol. The zero-order valence-electron chi connectivity index (χ0n) is 15.4. The second kappa shape index (κ2) is 7.78. The summed E-state index contributed by atoms with van der Waals surface area (Å²) in [6.45, 7) is 4.32. The van der Waals surface area contributed by atoms with Crippen LogP contribution in [0.3, 0.4) is 0 Å². The van der Waals surface area contributed by atoms with Crippen LogP contribution in [-0.2, 0) is 9.53 Å². The number of hydrogen-bond donors (Lipinski definition) is 2. The fourth-order valence-corrected chi connectivity index (χ4v) is 3.58. The minimum atomic E-state index is -0.537. The summed E-state index contributed by atoms with van der Waals surface area (Å²) in [7, 11) is 2.87. The van der Waals surface area contributed by atoms with Gasteiger partial charge in [-0.25, -0.2) is 4.79 Å². The maximum absolute atomic E-state index is 12.6. The first kappa shape index (κ1) is 18.3. The van der Waals surface area contributed by atoms with Crippen LogP contribution in [0.5, 0.6) is 5.75 Å². The van der Waals surface area contributed by atoms with E-state index < -0.39 is 5.97 Å². The Bertz CT molecular complexity index is 814. The number of benzene rings is 1. The van der Waals surface area contributed by atoms with Crippen molar-refractivity contribution in [1.29, 1.82) is 0 Å². The standard InChI is InChI=1S/C19H25N3O4/c1-12-6-5-9-22(10-12)11-15(23)21-17-16-13(7-4-8-14(16)25-2)20-18(17)19(24)26-3/h4,7-8,12,20H,5-6,9-11H2,1-3H3,(H,21,23). The van der Waals surface area contributed by atoms with Crippen molar-refractivity contribution in [3.8, 4) is 5.75 Å². The first-order valence-electron chi connectivity index (χ1n) is 8.82. The number of H-pyrrole nitrogens is 1. The van der Waals surface area contributed by atoms with Crippen LogP contribution in [0.4, 0.5) is 5.69 Å². The Kier molecular flexibility index (Phi) is 5.46. The van der Waals surface area contributed by atoms with Crippen molar-refractivity contribution in [2.75, 3.05) is 39.2 Å². The van der Waals surface area contributed by atoms with Crippen molar-refractivity contribution < 1.29 is 19.1 Å². The van der Waals surface area contributed by atoms with Crippen LogP contribution >= 0.6 is 0 Å². The maximum atomic E-state index is 12.6. The SMILES string of the molecule is COC(=O)c1[nH]c2cccc(OC)c2c1NC(=O)CN1CCCC(C)C1. The zero-order chi connectivity index (χ0) is 18.7. The van der Waals surface area contributed by atoms with Crippen molar-refractivity contribution in [1.82, 2.24) is 9.88 Å². The topological polar surface area (TPSA) is 83.7 Å². The molecule has 2 heterocycles. The average Bonchev–Trinajstić information content (AvgIpc) is 2.99. The number of ether oxygens (including phenoxy) is 2. The highest BCUT2D eigenvalue weighted by Crippen LogP contribution is 2.35. The van der Waals surface area contributed by atoms with Gasteiger partial charge in [0.25, 0.3) is 0 Å². The molecule has 1 saturated heterocycles. The van der Waals surface area contributed by atoms with Gasteiger partial charge in [0.1, 0.15) is 11.4 Å². The molecule has 1 fully saturated rings. The molecule has 1 amide bonds. The molecule has 0 saturated carbocycles. The predicted molar refractivity (Wildman–Crippen MR) is 99.7 cm³/mol. The summed E-state index contributed by atoms with van der Waals surface area (Å²) in [5.41, 5.74) is 1.32. The van der Waals surface area contributed by atoms with E-state index in [1.54, 1.807) is 13.2 Å². The van der Waals surface area contributed by atoms with Gasteiger partial charge in [0.15, 0.2) is 0 Å². The number of amides is 1. The average molecular weight is 359 g/mol. The summed E-state index contributed by atoms with van der Waals surface area (Å²) in [5, 5.41) is 3.56. The molecule has 1 aliphatic rings. The second-order valence-corrected chi connectivity index (χ2v) is 6.78. The molecule has 0 radical (unpaired) electrons. The highest BCUT2D eigenvalue weighted by molar-refractivity contribution is 6.13. The molecule has 140 valence electrons. The van der Waals surface area contributed by atoms with Crippen LogP contribution in [0.2, 0.25) is 0 Å². The molecule has 7 nitrogen and oxygen atoms in total. The Labute approximate surface area is 152 Å². The number of methoxy groups -OCH3 is 2. The minimum Gasteiger partial charge on any atom is -0.496 e. The summed E-state index contributed by atoms with van der Waals surface area (Å²) < 4.78 is 10.3. The second-order valence-electron chi connectivity index (χ2n) is 6.78. The summed E-state index contributed by atoms with van der Waals surface area (Å²) in [6.07, 6.45) is 2.30. The third kappa shape index (κ3) is 3.67. The molecule has 0 spiro atoms. The highest BCUT2D eigenvalue weighted by atomic mass is 16.5. The number of aromatic nitrogens is 1. The largest absolute Gasteiger partial charge is 0.496 e. The zero-order valence-corrected chi connectivity index (χ0v) is 15.4. The number of carbonyl (C=O) groups excluding carboxylic acids is 2. The number of nitrogens with zero attached hydrogens (tertiary/aromatic N) is 1. The Balaban J connectivity index is 1.89. The summed E-state index contributed by atoms with van der Waals surface area (Å²) in [5.74, 6) is 0.479. The summed E-state index contributed by atoms with van der Waals surface area (Å²) in [6, 6.07) is 5.44. The smallest absolute Gasteiger partial charge is 0.356 e. The van der Waals surface area contributed by atoms with Crippen molar-refractivity contribution in [2.24, 2.45) is 5.92 Å². The molecule has 2 N–H and O–H groups in total. The molecule has 3 rings (SSSR count). The van der Waals surface area contributed by atoms with E-state index in [1.807, 2.05) is 12.1 Å². The molecule has 26 heavy (non-hydrogen) atoms. The molecule has 0 aliphatic carbocycles. The molecule has 1 atom stereocenters. The number of esters is 1. The van der Waals surface area contributed by atoms with Crippen molar-refractivity contribution in [3.63, 3.8) is 0 Å². The number of carbonyl (C=O) groups is 2. The Morgan fingerprint density at radius 1 is 1.35 bits per heavy atom. The van der Waals surface area contributed by atoms with Gasteiger partial charge in [0.2, 0.25) is 5.91 Å². The van der Waals surface area contributed by atoms with E-state index in [4.69, 9.17) is 9.47 Å². The lowest BCUT2D eigenvalue weighted by atomic mass is 10.0.